The average Bonchev–Trinajstić information content (AvgIpc) is 2.36. The molecule has 0 bridgehead atoms. The molecule has 106 valence electrons. The highest BCUT2D eigenvalue weighted by molar-refractivity contribution is 6.31. The maximum atomic E-state index is 14.1. The fourth-order valence-electron chi connectivity index (χ4n) is 2.31. The van der Waals surface area contributed by atoms with Gasteiger partial charge in [-0.25, -0.2) is 8.78 Å². The second kappa shape index (κ2) is 6.33. The third-order valence-electron chi connectivity index (χ3n) is 3.09. The van der Waals surface area contributed by atoms with Gasteiger partial charge in [0.1, 0.15) is 11.6 Å². The Morgan fingerprint density at radius 1 is 1.20 bits per heavy atom. The zero-order valence-electron chi connectivity index (χ0n) is 11.4. The first-order valence-corrected chi connectivity index (χ1v) is 6.85. The minimum atomic E-state index is -0.469. The molecule has 0 aliphatic heterocycles. The summed E-state index contributed by atoms with van der Waals surface area (Å²) in [5.41, 5.74) is 1.80. The molecule has 0 saturated heterocycles. The molecular weight excluding hydrogens is 280 g/mol. The fraction of sp³-hybridized carbons (Fsp3) is 0.250. The minimum Gasteiger partial charge on any atom is -0.306 e. The van der Waals surface area contributed by atoms with E-state index in [1.807, 2.05) is 13.0 Å². The van der Waals surface area contributed by atoms with E-state index in [0.717, 1.165) is 5.56 Å². The van der Waals surface area contributed by atoms with Crippen molar-refractivity contribution in [2.75, 3.05) is 6.54 Å². The number of rotatable bonds is 4. The summed E-state index contributed by atoms with van der Waals surface area (Å²) in [4.78, 5) is 0. The van der Waals surface area contributed by atoms with Gasteiger partial charge in [-0.1, -0.05) is 30.7 Å². The third kappa shape index (κ3) is 3.17. The van der Waals surface area contributed by atoms with Crippen LogP contribution in [0.1, 0.15) is 29.7 Å². The number of nitrogens with one attached hydrogen (secondary N) is 1. The van der Waals surface area contributed by atoms with Gasteiger partial charge in [-0.3, -0.25) is 0 Å². The molecule has 2 rings (SSSR count). The molecule has 1 nitrogen and oxygen atoms in total. The molecule has 2 aromatic rings. The van der Waals surface area contributed by atoms with E-state index >= 15 is 0 Å². The van der Waals surface area contributed by atoms with Gasteiger partial charge in [0.05, 0.1) is 6.04 Å². The van der Waals surface area contributed by atoms with Crippen LogP contribution in [0.3, 0.4) is 0 Å². The van der Waals surface area contributed by atoms with E-state index in [-0.39, 0.29) is 5.82 Å². The smallest absolute Gasteiger partial charge is 0.129 e. The van der Waals surface area contributed by atoms with Crippen LogP contribution in [0.15, 0.2) is 36.4 Å². The lowest BCUT2D eigenvalue weighted by Crippen LogP contribution is -2.23. The van der Waals surface area contributed by atoms with Gasteiger partial charge in [0, 0.05) is 10.6 Å². The van der Waals surface area contributed by atoms with Crippen LogP contribution in [0.4, 0.5) is 8.78 Å². The molecule has 0 radical (unpaired) electrons. The highest BCUT2D eigenvalue weighted by atomic mass is 35.5. The van der Waals surface area contributed by atoms with Crippen molar-refractivity contribution in [2.45, 2.75) is 19.9 Å². The normalized spacial score (nSPS) is 12.4. The number of hydrogen-bond donors (Lipinski definition) is 1. The molecule has 0 spiro atoms. The van der Waals surface area contributed by atoms with Crippen LogP contribution in [0.5, 0.6) is 0 Å². The summed E-state index contributed by atoms with van der Waals surface area (Å²) in [7, 11) is 0. The molecule has 0 aliphatic carbocycles. The van der Waals surface area contributed by atoms with Gasteiger partial charge < -0.3 is 5.32 Å². The van der Waals surface area contributed by atoms with E-state index in [9.17, 15) is 8.78 Å². The Morgan fingerprint density at radius 3 is 2.55 bits per heavy atom. The lowest BCUT2D eigenvalue weighted by atomic mass is 9.96. The van der Waals surface area contributed by atoms with Gasteiger partial charge in [-0.05, 0) is 48.9 Å². The van der Waals surface area contributed by atoms with Gasteiger partial charge >= 0.3 is 0 Å². The van der Waals surface area contributed by atoms with E-state index in [2.05, 4.69) is 5.32 Å². The molecule has 4 heteroatoms. The molecule has 0 aliphatic rings. The van der Waals surface area contributed by atoms with E-state index in [1.54, 1.807) is 19.1 Å². The Kier molecular flexibility index (Phi) is 4.73. The lowest BCUT2D eigenvalue weighted by Gasteiger charge is -2.21. The van der Waals surface area contributed by atoms with Crippen molar-refractivity contribution in [2.24, 2.45) is 0 Å². The first kappa shape index (κ1) is 14.9. The first-order valence-electron chi connectivity index (χ1n) is 6.47. The summed E-state index contributed by atoms with van der Waals surface area (Å²) in [5, 5.41) is 3.49. The Bertz CT molecular complexity index is 573. The summed E-state index contributed by atoms with van der Waals surface area (Å²) in [6, 6.07) is 8.76. The molecule has 1 N–H and O–H groups in total. The third-order valence-corrected chi connectivity index (χ3v) is 3.42. The summed E-state index contributed by atoms with van der Waals surface area (Å²) in [6.45, 7) is 4.33. The van der Waals surface area contributed by atoms with E-state index in [4.69, 9.17) is 11.6 Å². The second-order valence-electron chi connectivity index (χ2n) is 4.69. The van der Waals surface area contributed by atoms with Crippen LogP contribution in [-0.2, 0) is 0 Å². The van der Waals surface area contributed by atoms with Crippen LogP contribution < -0.4 is 5.32 Å². The minimum absolute atomic E-state index is 0.331. The van der Waals surface area contributed by atoms with Crippen molar-refractivity contribution >= 4 is 11.6 Å². The zero-order valence-corrected chi connectivity index (χ0v) is 12.1. The molecule has 20 heavy (non-hydrogen) atoms. The van der Waals surface area contributed by atoms with E-state index in [1.165, 1.54) is 18.2 Å². The summed E-state index contributed by atoms with van der Waals surface area (Å²) >= 11 is 6.12. The van der Waals surface area contributed by atoms with Crippen molar-refractivity contribution in [3.8, 4) is 0 Å². The summed E-state index contributed by atoms with van der Waals surface area (Å²) in [5.74, 6) is -0.735. The quantitative estimate of drug-likeness (QED) is 0.867. The summed E-state index contributed by atoms with van der Waals surface area (Å²) in [6.07, 6.45) is 0. The van der Waals surface area contributed by atoms with Crippen molar-refractivity contribution < 1.29 is 8.78 Å². The van der Waals surface area contributed by atoms with Gasteiger partial charge in [-0.2, -0.15) is 0 Å². The predicted octanol–water partition coefficient (Wildman–Crippen LogP) is 4.63. The fourth-order valence-corrected chi connectivity index (χ4v) is 2.58. The predicted molar refractivity (Wildman–Crippen MR) is 78.1 cm³/mol. The molecule has 0 aromatic heterocycles. The Hall–Kier alpha value is -1.45. The lowest BCUT2D eigenvalue weighted by molar-refractivity contribution is 0.554. The number of benzene rings is 2. The molecular formula is C16H16ClF2N. The van der Waals surface area contributed by atoms with Gasteiger partial charge in [0.15, 0.2) is 0 Å². The molecule has 1 atom stereocenters. The van der Waals surface area contributed by atoms with Crippen LogP contribution in [0.2, 0.25) is 5.02 Å². The molecule has 0 fully saturated rings. The first-order chi connectivity index (χ1) is 9.52. The van der Waals surface area contributed by atoms with E-state index in [0.29, 0.717) is 22.7 Å². The maximum Gasteiger partial charge on any atom is 0.129 e. The SMILES string of the molecule is CCNC(c1cc(C)cc(F)c1)c1c(F)cccc1Cl. The van der Waals surface area contributed by atoms with Gasteiger partial charge in [0.2, 0.25) is 0 Å². The molecule has 1 unspecified atom stereocenters. The van der Waals surface area contributed by atoms with Crippen molar-refractivity contribution in [1.82, 2.24) is 5.32 Å². The standard InChI is InChI=1S/C16H16ClF2N/c1-3-20-16(11-7-10(2)8-12(18)9-11)15-13(17)5-4-6-14(15)19/h4-9,16,20H,3H2,1-2H3. The molecule has 2 aromatic carbocycles. The Morgan fingerprint density at radius 2 is 1.95 bits per heavy atom. The van der Waals surface area contributed by atoms with Crippen molar-refractivity contribution in [3.05, 3.63) is 69.7 Å². The van der Waals surface area contributed by atoms with Crippen LogP contribution >= 0.6 is 11.6 Å². The van der Waals surface area contributed by atoms with E-state index < -0.39 is 11.9 Å². The molecule has 0 heterocycles. The Balaban J connectivity index is 2.56. The van der Waals surface area contributed by atoms with Crippen LogP contribution in [0.25, 0.3) is 0 Å². The van der Waals surface area contributed by atoms with Crippen LogP contribution in [0, 0.1) is 18.6 Å². The van der Waals surface area contributed by atoms with Crippen molar-refractivity contribution in [1.29, 1.82) is 0 Å². The molecule has 0 saturated carbocycles. The monoisotopic (exact) mass is 295 g/mol. The molecule has 0 amide bonds. The highest BCUT2D eigenvalue weighted by Gasteiger charge is 2.20. The van der Waals surface area contributed by atoms with Gasteiger partial charge in [0.25, 0.3) is 0 Å². The van der Waals surface area contributed by atoms with Crippen LogP contribution in [-0.4, -0.2) is 6.54 Å². The Labute approximate surface area is 122 Å². The summed E-state index contributed by atoms with van der Waals surface area (Å²) < 4.78 is 27.7. The second-order valence-corrected chi connectivity index (χ2v) is 5.10. The zero-order chi connectivity index (χ0) is 14.7. The maximum absolute atomic E-state index is 14.1. The highest BCUT2D eigenvalue weighted by Crippen LogP contribution is 2.31. The topological polar surface area (TPSA) is 12.0 Å². The largest absolute Gasteiger partial charge is 0.306 e. The van der Waals surface area contributed by atoms with Crippen molar-refractivity contribution in [3.63, 3.8) is 0 Å². The average molecular weight is 296 g/mol. The van der Waals surface area contributed by atoms with Gasteiger partial charge in [-0.15, -0.1) is 0 Å². The number of hydrogen-bond acceptors (Lipinski definition) is 1. The number of aryl methyl sites for hydroxylation is 1. The number of halogens is 3.